The van der Waals surface area contributed by atoms with Crippen LogP contribution in [0.15, 0.2) is 42.5 Å². The van der Waals surface area contributed by atoms with E-state index in [9.17, 15) is 9.18 Å². The first-order valence-corrected chi connectivity index (χ1v) is 8.05. The van der Waals surface area contributed by atoms with Gasteiger partial charge in [0.2, 0.25) is 11.7 Å². The molecule has 0 aliphatic rings. The molecular formula is C17H15ClFN5O. The van der Waals surface area contributed by atoms with Crippen LogP contribution in [0.25, 0.3) is 11.4 Å². The number of carbonyl (C=O) groups excluding carboxylic acids is 1. The molecule has 0 bridgehead atoms. The fourth-order valence-corrected chi connectivity index (χ4v) is 2.44. The minimum atomic E-state index is -0.473. The highest BCUT2D eigenvalue weighted by atomic mass is 35.5. The van der Waals surface area contributed by atoms with Crippen molar-refractivity contribution in [1.82, 2.24) is 20.2 Å². The van der Waals surface area contributed by atoms with Gasteiger partial charge in [-0.05, 0) is 35.4 Å². The van der Waals surface area contributed by atoms with Gasteiger partial charge in [0, 0.05) is 5.56 Å². The van der Waals surface area contributed by atoms with Gasteiger partial charge in [0.15, 0.2) is 0 Å². The number of hydrogen-bond acceptors (Lipinski definition) is 4. The number of halogens is 2. The molecule has 0 atom stereocenters. The molecule has 0 radical (unpaired) electrons. The quantitative estimate of drug-likeness (QED) is 0.758. The zero-order chi connectivity index (χ0) is 17.8. The number of amides is 1. The number of nitrogens with zero attached hydrogens (tertiary/aromatic N) is 4. The van der Waals surface area contributed by atoms with Crippen LogP contribution in [0, 0.1) is 5.82 Å². The van der Waals surface area contributed by atoms with Gasteiger partial charge < -0.3 is 5.32 Å². The maximum absolute atomic E-state index is 13.0. The van der Waals surface area contributed by atoms with E-state index < -0.39 is 11.7 Å². The summed E-state index contributed by atoms with van der Waals surface area (Å²) in [5.74, 6) is -0.422. The second kappa shape index (κ2) is 7.40. The summed E-state index contributed by atoms with van der Waals surface area (Å²) in [6.07, 6.45) is 0.951. The Balaban J connectivity index is 1.67. The zero-order valence-corrected chi connectivity index (χ0v) is 14.2. The number of anilines is 1. The van der Waals surface area contributed by atoms with Gasteiger partial charge in [-0.3, -0.25) is 4.79 Å². The first-order valence-electron chi connectivity index (χ1n) is 7.67. The van der Waals surface area contributed by atoms with E-state index in [1.54, 1.807) is 0 Å². The zero-order valence-electron chi connectivity index (χ0n) is 13.4. The molecule has 3 rings (SSSR count). The van der Waals surface area contributed by atoms with Gasteiger partial charge in [0.25, 0.3) is 0 Å². The van der Waals surface area contributed by atoms with E-state index in [1.807, 2.05) is 24.3 Å². The number of hydrogen-bond donors (Lipinski definition) is 1. The Morgan fingerprint density at radius 3 is 2.68 bits per heavy atom. The molecule has 1 aromatic heterocycles. The third kappa shape index (κ3) is 4.19. The number of benzene rings is 2. The minimum Gasteiger partial charge on any atom is -0.323 e. The first-order chi connectivity index (χ1) is 12.0. The van der Waals surface area contributed by atoms with Gasteiger partial charge in [0.05, 0.1) is 10.7 Å². The van der Waals surface area contributed by atoms with E-state index in [1.165, 1.54) is 22.5 Å². The van der Waals surface area contributed by atoms with Gasteiger partial charge in [-0.2, -0.15) is 4.80 Å². The van der Waals surface area contributed by atoms with Crippen molar-refractivity contribution in [3.05, 3.63) is 58.9 Å². The van der Waals surface area contributed by atoms with E-state index in [0.717, 1.165) is 18.1 Å². The molecule has 128 valence electrons. The number of nitrogens with one attached hydrogen (secondary N) is 1. The highest BCUT2D eigenvalue weighted by Gasteiger charge is 2.11. The summed E-state index contributed by atoms with van der Waals surface area (Å²) < 4.78 is 13.0. The number of carbonyl (C=O) groups is 1. The molecule has 0 saturated carbocycles. The maximum Gasteiger partial charge on any atom is 0.248 e. The Hall–Kier alpha value is -2.80. The van der Waals surface area contributed by atoms with Crippen molar-refractivity contribution in [2.24, 2.45) is 0 Å². The van der Waals surface area contributed by atoms with Crippen molar-refractivity contribution in [1.29, 1.82) is 0 Å². The molecule has 2 aromatic carbocycles. The van der Waals surface area contributed by atoms with E-state index >= 15 is 0 Å². The van der Waals surface area contributed by atoms with E-state index in [4.69, 9.17) is 11.6 Å². The molecule has 0 aliphatic carbocycles. The summed E-state index contributed by atoms with van der Waals surface area (Å²) in [5.41, 5.74) is 2.36. The highest BCUT2D eigenvalue weighted by molar-refractivity contribution is 6.33. The number of rotatable bonds is 5. The van der Waals surface area contributed by atoms with Gasteiger partial charge in [0.1, 0.15) is 12.4 Å². The smallest absolute Gasteiger partial charge is 0.248 e. The molecular weight excluding hydrogens is 345 g/mol. The molecule has 0 aliphatic heterocycles. The normalized spacial score (nSPS) is 10.7. The Morgan fingerprint density at radius 2 is 2.00 bits per heavy atom. The first kappa shape index (κ1) is 17.0. The number of aryl methyl sites for hydroxylation is 1. The Kier molecular flexibility index (Phi) is 5.04. The SMILES string of the molecule is CCc1ccc(-c2nnn(CC(=O)Nc3ccc(F)cc3Cl)n2)cc1. The van der Waals surface area contributed by atoms with E-state index in [2.05, 4.69) is 27.7 Å². The molecule has 0 spiro atoms. The van der Waals surface area contributed by atoms with Crippen molar-refractivity contribution in [3.63, 3.8) is 0 Å². The van der Waals surface area contributed by atoms with Gasteiger partial charge in [-0.25, -0.2) is 4.39 Å². The van der Waals surface area contributed by atoms with Gasteiger partial charge in [-0.1, -0.05) is 42.8 Å². The monoisotopic (exact) mass is 359 g/mol. The predicted octanol–water partition coefficient (Wildman–Crippen LogP) is 3.33. The molecule has 8 heteroatoms. The van der Waals surface area contributed by atoms with E-state index in [0.29, 0.717) is 11.5 Å². The largest absolute Gasteiger partial charge is 0.323 e. The Bertz CT molecular complexity index is 894. The van der Waals surface area contributed by atoms with Crippen LogP contribution >= 0.6 is 11.6 Å². The summed E-state index contributed by atoms with van der Waals surface area (Å²) in [7, 11) is 0. The molecule has 1 N–H and O–H groups in total. The lowest BCUT2D eigenvalue weighted by atomic mass is 10.1. The summed E-state index contributed by atoms with van der Waals surface area (Å²) >= 11 is 5.88. The lowest BCUT2D eigenvalue weighted by molar-refractivity contribution is -0.117. The van der Waals surface area contributed by atoms with Crippen LogP contribution in [0.1, 0.15) is 12.5 Å². The van der Waals surface area contributed by atoms with Crippen molar-refractivity contribution < 1.29 is 9.18 Å². The molecule has 3 aromatic rings. The minimum absolute atomic E-state index is 0.122. The third-order valence-corrected chi connectivity index (χ3v) is 3.88. The highest BCUT2D eigenvalue weighted by Crippen LogP contribution is 2.22. The van der Waals surface area contributed by atoms with Crippen LogP contribution in [0.2, 0.25) is 5.02 Å². The summed E-state index contributed by atoms with van der Waals surface area (Å²) in [4.78, 5) is 13.2. The molecule has 0 unspecified atom stereocenters. The van der Waals surface area contributed by atoms with Crippen LogP contribution in [0.3, 0.4) is 0 Å². The summed E-state index contributed by atoms with van der Waals surface area (Å²) in [6, 6.07) is 11.6. The average molecular weight is 360 g/mol. The second-order valence-corrected chi connectivity index (χ2v) is 5.77. The number of tetrazole rings is 1. The molecule has 1 heterocycles. The fraction of sp³-hybridized carbons (Fsp3) is 0.176. The van der Waals surface area contributed by atoms with Gasteiger partial charge in [-0.15, -0.1) is 10.2 Å². The van der Waals surface area contributed by atoms with Crippen LogP contribution in [0.5, 0.6) is 0 Å². The van der Waals surface area contributed by atoms with Crippen molar-refractivity contribution in [3.8, 4) is 11.4 Å². The topological polar surface area (TPSA) is 72.7 Å². The van der Waals surface area contributed by atoms with Gasteiger partial charge >= 0.3 is 0 Å². The lowest BCUT2D eigenvalue weighted by Gasteiger charge is -2.06. The molecule has 6 nitrogen and oxygen atoms in total. The number of aromatic nitrogens is 4. The molecule has 0 saturated heterocycles. The third-order valence-electron chi connectivity index (χ3n) is 3.56. The predicted molar refractivity (Wildman–Crippen MR) is 92.7 cm³/mol. The van der Waals surface area contributed by atoms with E-state index in [-0.39, 0.29) is 11.6 Å². The summed E-state index contributed by atoms with van der Waals surface area (Å²) in [5, 5.41) is 14.7. The molecule has 1 amide bonds. The fourth-order valence-electron chi connectivity index (χ4n) is 2.22. The second-order valence-electron chi connectivity index (χ2n) is 5.37. The van der Waals surface area contributed by atoms with Crippen LogP contribution in [0.4, 0.5) is 10.1 Å². The van der Waals surface area contributed by atoms with Crippen LogP contribution < -0.4 is 5.32 Å². The maximum atomic E-state index is 13.0. The molecule has 0 fully saturated rings. The summed E-state index contributed by atoms with van der Waals surface area (Å²) in [6.45, 7) is 1.95. The van der Waals surface area contributed by atoms with Crippen molar-refractivity contribution in [2.75, 3.05) is 5.32 Å². The van der Waals surface area contributed by atoms with Crippen molar-refractivity contribution >= 4 is 23.2 Å². The van der Waals surface area contributed by atoms with Crippen molar-refractivity contribution in [2.45, 2.75) is 19.9 Å². The standard InChI is InChI=1S/C17H15ClFN5O/c1-2-11-3-5-12(6-4-11)17-21-23-24(22-17)10-16(25)20-15-8-7-13(19)9-14(15)18/h3-9H,2,10H2,1H3,(H,20,25). The van der Waals surface area contributed by atoms with Crippen LogP contribution in [-0.2, 0) is 17.8 Å². The Labute approximate surface area is 148 Å². The average Bonchev–Trinajstić information content (AvgIpc) is 3.06. The lowest BCUT2D eigenvalue weighted by Crippen LogP contribution is -2.20. The molecule has 25 heavy (non-hydrogen) atoms. The van der Waals surface area contributed by atoms with Crippen LogP contribution in [-0.4, -0.2) is 26.1 Å². The Morgan fingerprint density at radius 1 is 1.24 bits per heavy atom.